The van der Waals surface area contributed by atoms with Crippen LogP contribution in [0.4, 0.5) is 0 Å². The minimum absolute atomic E-state index is 0. The molecular formula is C32H36N6O. The van der Waals surface area contributed by atoms with E-state index < -0.39 is 0 Å². The Balaban J connectivity index is 0.00000277. The van der Waals surface area contributed by atoms with Gasteiger partial charge in [0, 0.05) is 34.3 Å². The Morgan fingerprint density at radius 2 is 1.74 bits per heavy atom. The minimum atomic E-state index is -0.180. The Bertz CT molecular complexity index is 1610. The van der Waals surface area contributed by atoms with Crippen LogP contribution in [0.3, 0.4) is 0 Å². The fraction of sp³-hybridized carbons (Fsp3) is 0.344. The molecule has 1 atom stereocenters. The van der Waals surface area contributed by atoms with Crippen molar-refractivity contribution in [3.8, 4) is 22.4 Å². The van der Waals surface area contributed by atoms with Crippen molar-refractivity contribution in [2.45, 2.75) is 57.7 Å². The lowest BCUT2D eigenvalue weighted by molar-refractivity contribution is 0.151. The molecule has 2 fully saturated rings. The molecule has 0 radical (unpaired) electrons. The first kappa shape index (κ1) is 25.6. The van der Waals surface area contributed by atoms with Gasteiger partial charge in [0.1, 0.15) is 0 Å². The van der Waals surface area contributed by atoms with Crippen LogP contribution < -0.4 is 5.73 Å². The number of aliphatic hydroxyl groups excluding tert-OH is 1. The number of hydrogen-bond acceptors (Lipinski definition) is 6. The van der Waals surface area contributed by atoms with Crippen LogP contribution in [-0.4, -0.2) is 48.8 Å². The molecule has 0 unspecified atom stereocenters. The fourth-order valence-corrected chi connectivity index (χ4v) is 6.11. The van der Waals surface area contributed by atoms with Gasteiger partial charge < -0.3 is 10.8 Å². The van der Waals surface area contributed by atoms with E-state index in [4.69, 9.17) is 10.7 Å². The average molecular weight is 521 g/mol. The van der Waals surface area contributed by atoms with Gasteiger partial charge in [0.2, 0.25) is 0 Å². The molecule has 0 spiro atoms. The molecule has 2 aliphatic rings. The zero-order chi connectivity index (χ0) is 25.7. The summed E-state index contributed by atoms with van der Waals surface area (Å²) in [7, 11) is 0. The Morgan fingerprint density at radius 3 is 2.46 bits per heavy atom. The van der Waals surface area contributed by atoms with Gasteiger partial charge in [-0.25, -0.2) is 4.98 Å². The van der Waals surface area contributed by atoms with E-state index in [0.29, 0.717) is 6.54 Å². The Labute approximate surface area is 229 Å². The number of aliphatic hydroxyl groups is 1. The van der Waals surface area contributed by atoms with Gasteiger partial charge in [-0.2, -0.15) is 0 Å². The van der Waals surface area contributed by atoms with Crippen molar-refractivity contribution in [2.24, 2.45) is 5.73 Å². The predicted octanol–water partition coefficient (Wildman–Crippen LogP) is 5.54. The van der Waals surface area contributed by atoms with Crippen LogP contribution in [0.1, 0.15) is 50.9 Å². The van der Waals surface area contributed by atoms with Gasteiger partial charge in [-0.3, -0.25) is 9.30 Å². The standard InChI is InChI=1S/C31H32N6O.CH4/c32-31(14-5-15-31)23-11-9-22(10-12-23)29-25(21-6-2-1-3-7-21)18-26-27(33-29)13-17-37-28(34-35-30(26)37)19-36-16-4-8-24(36)20-38;/h1-3,6-7,9-13,17-18,24,38H,4-5,8,14-16,19-20,32H2;1H4/t24-;/m1./s1. The normalized spacial score (nSPS) is 18.8. The molecule has 0 bridgehead atoms. The molecule has 2 aromatic carbocycles. The number of likely N-dealkylation sites (tertiary alicyclic amines) is 1. The van der Waals surface area contributed by atoms with Crippen molar-refractivity contribution < 1.29 is 5.11 Å². The maximum absolute atomic E-state index is 9.75. The van der Waals surface area contributed by atoms with E-state index in [1.165, 1.54) is 12.0 Å². The van der Waals surface area contributed by atoms with Crippen LogP contribution in [0.2, 0.25) is 0 Å². The molecule has 4 heterocycles. The second-order valence-corrected chi connectivity index (χ2v) is 10.8. The van der Waals surface area contributed by atoms with Crippen molar-refractivity contribution in [1.29, 1.82) is 0 Å². The number of benzene rings is 2. The van der Waals surface area contributed by atoms with Gasteiger partial charge in [0.15, 0.2) is 11.5 Å². The smallest absolute Gasteiger partial charge is 0.170 e. The number of hydrogen-bond donors (Lipinski definition) is 2. The maximum atomic E-state index is 9.75. The quantitative estimate of drug-likeness (QED) is 0.305. The molecule has 7 rings (SSSR count). The van der Waals surface area contributed by atoms with Crippen molar-refractivity contribution in [3.63, 3.8) is 0 Å². The molecule has 7 nitrogen and oxygen atoms in total. The van der Waals surface area contributed by atoms with E-state index in [-0.39, 0.29) is 25.6 Å². The summed E-state index contributed by atoms with van der Waals surface area (Å²) < 4.78 is 2.07. The molecule has 1 saturated carbocycles. The minimum Gasteiger partial charge on any atom is -0.395 e. The topological polar surface area (TPSA) is 92.6 Å². The van der Waals surface area contributed by atoms with E-state index in [1.807, 2.05) is 12.3 Å². The third kappa shape index (κ3) is 4.40. The van der Waals surface area contributed by atoms with Gasteiger partial charge in [-0.1, -0.05) is 62.0 Å². The SMILES string of the molecule is C.NC1(c2ccc(-c3nc4ccn5c(CN6CCC[C@@H]6CO)nnc5c4cc3-c3ccccc3)cc2)CCC1. The van der Waals surface area contributed by atoms with Crippen LogP contribution in [0.5, 0.6) is 0 Å². The summed E-state index contributed by atoms with van der Waals surface area (Å²) >= 11 is 0. The highest BCUT2D eigenvalue weighted by Gasteiger charge is 2.34. The highest BCUT2D eigenvalue weighted by molar-refractivity contribution is 5.98. The van der Waals surface area contributed by atoms with Gasteiger partial charge in [-0.05, 0) is 61.9 Å². The molecule has 200 valence electrons. The molecule has 1 aliphatic carbocycles. The van der Waals surface area contributed by atoms with Crippen molar-refractivity contribution in [3.05, 3.63) is 84.3 Å². The Morgan fingerprint density at radius 1 is 0.949 bits per heavy atom. The van der Waals surface area contributed by atoms with Gasteiger partial charge in [0.05, 0.1) is 24.4 Å². The van der Waals surface area contributed by atoms with Crippen LogP contribution >= 0.6 is 0 Å². The highest BCUT2D eigenvalue weighted by Crippen LogP contribution is 2.40. The molecule has 3 aromatic heterocycles. The van der Waals surface area contributed by atoms with Crippen LogP contribution in [-0.2, 0) is 12.1 Å². The number of rotatable bonds is 6. The zero-order valence-electron chi connectivity index (χ0n) is 21.4. The Kier molecular flexibility index (Phi) is 6.67. The lowest BCUT2D eigenvalue weighted by Gasteiger charge is -2.38. The first-order valence-electron chi connectivity index (χ1n) is 13.6. The van der Waals surface area contributed by atoms with Crippen molar-refractivity contribution >= 4 is 16.6 Å². The molecule has 1 aliphatic heterocycles. The number of nitrogens with two attached hydrogens (primary N) is 1. The number of pyridine rings is 2. The largest absolute Gasteiger partial charge is 0.395 e. The fourth-order valence-electron chi connectivity index (χ4n) is 6.11. The van der Waals surface area contributed by atoms with E-state index in [9.17, 15) is 5.11 Å². The molecule has 3 N–H and O–H groups in total. The second-order valence-electron chi connectivity index (χ2n) is 10.8. The maximum Gasteiger partial charge on any atom is 0.170 e. The highest BCUT2D eigenvalue weighted by atomic mass is 16.3. The monoisotopic (exact) mass is 520 g/mol. The van der Waals surface area contributed by atoms with E-state index in [0.717, 1.165) is 77.0 Å². The summed E-state index contributed by atoms with van der Waals surface area (Å²) in [6, 6.07) is 23.5. The van der Waals surface area contributed by atoms with Gasteiger partial charge in [0.25, 0.3) is 0 Å². The van der Waals surface area contributed by atoms with Crippen molar-refractivity contribution in [1.82, 2.24) is 24.5 Å². The average Bonchev–Trinajstić information content (AvgIpc) is 3.58. The molecule has 5 aromatic rings. The summed E-state index contributed by atoms with van der Waals surface area (Å²) in [5.41, 5.74) is 13.5. The van der Waals surface area contributed by atoms with Crippen molar-refractivity contribution in [2.75, 3.05) is 13.2 Å². The molecule has 0 amide bonds. The van der Waals surface area contributed by atoms with Gasteiger partial charge >= 0.3 is 0 Å². The molecular weight excluding hydrogens is 484 g/mol. The third-order valence-electron chi connectivity index (χ3n) is 8.56. The van der Waals surface area contributed by atoms with Gasteiger partial charge in [-0.15, -0.1) is 10.2 Å². The predicted molar refractivity (Wildman–Crippen MR) is 156 cm³/mol. The Hall–Kier alpha value is -3.65. The van der Waals surface area contributed by atoms with E-state index >= 15 is 0 Å². The summed E-state index contributed by atoms with van der Waals surface area (Å²) in [6.07, 6.45) is 7.44. The van der Waals surface area contributed by atoms with Crippen LogP contribution in [0.25, 0.3) is 38.9 Å². The first-order valence-corrected chi connectivity index (χ1v) is 13.6. The molecule has 1 saturated heterocycles. The lowest BCUT2D eigenvalue weighted by atomic mass is 9.72. The second kappa shape index (κ2) is 10.2. The summed E-state index contributed by atoms with van der Waals surface area (Å²) in [5, 5.41) is 19.9. The number of fused-ring (bicyclic) bond motifs is 3. The van der Waals surface area contributed by atoms with Crippen LogP contribution in [0, 0.1) is 0 Å². The summed E-state index contributed by atoms with van der Waals surface area (Å²) in [4.78, 5) is 7.48. The number of nitrogens with zero attached hydrogens (tertiary/aromatic N) is 5. The number of aromatic nitrogens is 4. The van der Waals surface area contributed by atoms with E-state index in [1.54, 1.807) is 0 Å². The van der Waals surface area contributed by atoms with Crippen LogP contribution in [0.15, 0.2) is 72.9 Å². The zero-order valence-corrected chi connectivity index (χ0v) is 21.4. The first-order chi connectivity index (χ1) is 18.6. The molecule has 7 heteroatoms. The summed E-state index contributed by atoms with van der Waals surface area (Å²) in [5.74, 6) is 0.884. The lowest BCUT2D eigenvalue weighted by Crippen LogP contribution is -2.43. The van der Waals surface area contributed by atoms with E-state index in [2.05, 4.69) is 80.2 Å². The third-order valence-corrected chi connectivity index (χ3v) is 8.56. The molecule has 39 heavy (non-hydrogen) atoms. The summed E-state index contributed by atoms with van der Waals surface area (Å²) in [6.45, 7) is 1.82.